The third-order valence-electron chi connectivity index (χ3n) is 5.33. The normalized spacial score (nSPS) is 18.6. The van der Waals surface area contributed by atoms with Gasteiger partial charge in [0.25, 0.3) is 0 Å². The van der Waals surface area contributed by atoms with Gasteiger partial charge >= 0.3 is 0 Å². The predicted octanol–water partition coefficient (Wildman–Crippen LogP) is 0.445. The Morgan fingerprint density at radius 3 is 2.69 bits per heavy atom. The van der Waals surface area contributed by atoms with E-state index in [2.05, 4.69) is 25.5 Å². The number of amides is 1. The van der Waals surface area contributed by atoms with Crippen LogP contribution < -0.4 is 0 Å². The molecule has 9 heteroatoms. The molecular weight excluding hydrogens is 332 g/mol. The van der Waals surface area contributed by atoms with Gasteiger partial charge in [-0.05, 0) is 39.3 Å². The maximum atomic E-state index is 12.8. The van der Waals surface area contributed by atoms with E-state index >= 15 is 0 Å². The monoisotopic (exact) mass is 358 g/mol. The summed E-state index contributed by atoms with van der Waals surface area (Å²) in [6, 6.07) is 0. The SMILES string of the molecule is Cc1cnnn1Cc1nnn2c1CN(C(=O)CN1CCCCC1)CCC2. The Morgan fingerprint density at radius 1 is 1.08 bits per heavy atom. The van der Waals surface area contributed by atoms with Gasteiger partial charge in [-0.2, -0.15) is 0 Å². The van der Waals surface area contributed by atoms with Crippen molar-refractivity contribution >= 4 is 5.91 Å². The highest BCUT2D eigenvalue weighted by Crippen LogP contribution is 2.17. The third-order valence-corrected chi connectivity index (χ3v) is 5.33. The van der Waals surface area contributed by atoms with Crippen molar-refractivity contribution in [2.24, 2.45) is 0 Å². The van der Waals surface area contributed by atoms with Crippen LogP contribution in [-0.2, 0) is 24.4 Å². The van der Waals surface area contributed by atoms with E-state index in [-0.39, 0.29) is 5.91 Å². The van der Waals surface area contributed by atoms with E-state index < -0.39 is 0 Å². The molecule has 0 radical (unpaired) electrons. The first-order chi connectivity index (χ1) is 12.7. The zero-order valence-electron chi connectivity index (χ0n) is 15.3. The Bertz CT molecular complexity index is 761. The predicted molar refractivity (Wildman–Crippen MR) is 94.2 cm³/mol. The first-order valence-electron chi connectivity index (χ1n) is 9.47. The number of likely N-dealkylation sites (tertiary alicyclic amines) is 1. The molecule has 4 heterocycles. The zero-order chi connectivity index (χ0) is 17.9. The molecule has 2 aromatic rings. The van der Waals surface area contributed by atoms with Gasteiger partial charge in [0, 0.05) is 13.1 Å². The van der Waals surface area contributed by atoms with Crippen molar-refractivity contribution in [2.45, 2.75) is 52.2 Å². The Labute approximate surface area is 152 Å². The maximum Gasteiger partial charge on any atom is 0.237 e. The second kappa shape index (κ2) is 7.53. The van der Waals surface area contributed by atoms with Gasteiger partial charge in [0.2, 0.25) is 5.91 Å². The molecule has 0 N–H and O–H groups in total. The van der Waals surface area contributed by atoms with Gasteiger partial charge in [-0.25, -0.2) is 9.36 Å². The van der Waals surface area contributed by atoms with Crippen molar-refractivity contribution in [2.75, 3.05) is 26.2 Å². The highest BCUT2D eigenvalue weighted by atomic mass is 16.2. The van der Waals surface area contributed by atoms with Gasteiger partial charge in [-0.1, -0.05) is 16.8 Å². The molecule has 0 saturated carbocycles. The number of hydrogen-bond acceptors (Lipinski definition) is 6. The minimum Gasteiger partial charge on any atom is -0.336 e. The minimum atomic E-state index is 0.212. The van der Waals surface area contributed by atoms with E-state index in [1.165, 1.54) is 19.3 Å². The number of nitrogens with zero attached hydrogens (tertiary/aromatic N) is 8. The fraction of sp³-hybridized carbons (Fsp3) is 0.706. The molecule has 140 valence electrons. The molecule has 1 saturated heterocycles. The summed E-state index contributed by atoms with van der Waals surface area (Å²) in [5, 5.41) is 16.7. The molecule has 2 aliphatic heterocycles. The summed E-state index contributed by atoms with van der Waals surface area (Å²) in [7, 11) is 0. The van der Waals surface area contributed by atoms with Gasteiger partial charge in [0.1, 0.15) is 5.69 Å². The van der Waals surface area contributed by atoms with Crippen LogP contribution in [0.2, 0.25) is 0 Å². The van der Waals surface area contributed by atoms with Crippen molar-refractivity contribution in [3.63, 3.8) is 0 Å². The molecule has 26 heavy (non-hydrogen) atoms. The molecule has 0 aromatic carbocycles. The van der Waals surface area contributed by atoms with Gasteiger partial charge in [-0.3, -0.25) is 9.69 Å². The Balaban J connectivity index is 1.47. The minimum absolute atomic E-state index is 0.212. The number of carbonyl (C=O) groups is 1. The average molecular weight is 358 g/mol. The van der Waals surface area contributed by atoms with Crippen LogP contribution in [0.4, 0.5) is 0 Å². The van der Waals surface area contributed by atoms with E-state index in [4.69, 9.17) is 0 Å². The fourth-order valence-corrected chi connectivity index (χ4v) is 3.74. The van der Waals surface area contributed by atoms with E-state index in [0.29, 0.717) is 19.6 Å². The molecule has 0 spiro atoms. The first kappa shape index (κ1) is 17.1. The van der Waals surface area contributed by atoms with Gasteiger partial charge in [-0.15, -0.1) is 10.2 Å². The summed E-state index contributed by atoms with van der Waals surface area (Å²) in [4.78, 5) is 17.1. The van der Waals surface area contributed by atoms with Crippen LogP contribution in [-0.4, -0.2) is 71.9 Å². The fourth-order valence-electron chi connectivity index (χ4n) is 3.74. The summed E-state index contributed by atoms with van der Waals surface area (Å²) in [5.74, 6) is 0.212. The number of aromatic nitrogens is 6. The summed E-state index contributed by atoms with van der Waals surface area (Å²) >= 11 is 0. The first-order valence-corrected chi connectivity index (χ1v) is 9.47. The smallest absolute Gasteiger partial charge is 0.237 e. The molecule has 1 amide bonds. The van der Waals surface area contributed by atoms with Gasteiger partial charge in [0.05, 0.1) is 37.2 Å². The Morgan fingerprint density at radius 2 is 1.92 bits per heavy atom. The molecule has 4 rings (SSSR count). The summed E-state index contributed by atoms with van der Waals surface area (Å²) in [6.07, 6.45) is 6.32. The quantitative estimate of drug-likeness (QED) is 0.789. The summed E-state index contributed by atoms with van der Waals surface area (Å²) in [6.45, 7) is 7.25. The largest absolute Gasteiger partial charge is 0.336 e. The lowest BCUT2D eigenvalue weighted by Crippen LogP contribution is -2.42. The number of hydrogen-bond donors (Lipinski definition) is 0. The van der Waals surface area contributed by atoms with Crippen molar-refractivity contribution in [1.29, 1.82) is 0 Å². The lowest BCUT2D eigenvalue weighted by molar-refractivity contribution is -0.133. The van der Waals surface area contributed by atoms with Crippen molar-refractivity contribution in [3.8, 4) is 0 Å². The molecule has 0 bridgehead atoms. The summed E-state index contributed by atoms with van der Waals surface area (Å²) in [5.41, 5.74) is 2.87. The average Bonchev–Trinajstić information content (AvgIpc) is 3.15. The van der Waals surface area contributed by atoms with Crippen LogP contribution in [0.1, 0.15) is 42.8 Å². The van der Waals surface area contributed by atoms with Crippen LogP contribution in [0.3, 0.4) is 0 Å². The van der Waals surface area contributed by atoms with E-state index in [0.717, 1.165) is 49.7 Å². The molecule has 9 nitrogen and oxygen atoms in total. The molecule has 0 atom stereocenters. The number of rotatable bonds is 4. The van der Waals surface area contributed by atoms with Crippen molar-refractivity contribution in [1.82, 2.24) is 39.8 Å². The van der Waals surface area contributed by atoms with Gasteiger partial charge in [0.15, 0.2) is 0 Å². The lowest BCUT2D eigenvalue weighted by atomic mass is 10.1. The molecule has 1 fully saturated rings. The van der Waals surface area contributed by atoms with E-state index in [9.17, 15) is 4.79 Å². The van der Waals surface area contributed by atoms with Crippen LogP contribution in [0, 0.1) is 6.92 Å². The Kier molecular flexibility index (Phi) is 4.96. The van der Waals surface area contributed by atoms with Crippen molar-refractivity contribution < 1.29 is 4.79 Å². The number of carbonyl (C=O) groups excluding carboxylic acids is 1. The van der Waals surface area contributed by atoms with Crippen molar-refractivity contribution in [3.05, 3.63) is 23.3 Å². The zero-order valence-corrected chi connectivity index (χ0v) is 15.3. The molecule has 2 aromatic heterocycles. The lowest BCUT2D eigenvalue weighted by Gasteiger charge is -2.29. The molecule has 2 aliphatic rings. The number of fused-ring (bicyclic) bond motifs is 1. The highest BCUT2D eigenvalue weighted by Gasteiger charge is 2.25. The number of aryl methyl sites for hydroxylation is 2. The van der Waals surface area contributed by atoms with Crippen LogP contribution >= 0.6 is 0 Å². The molecule has 0 unspecified atom stereocenters. The van der Waals surface area contributed by atoms with E-state index in [1.54, 1.807) is 6.20 Å². The highest BCUT2D eigenvalue weighted by molar-refractivity contribution is 5.78. The summed E-state index contributed by atoms with van der Waals surface area (Å²) < 4.78 is 3.76. The second-order valence-corrected chi connectivity index (χ2v) is 7.24. The van der Waals surface area contributed by atoms with Gasteiger partial charge < -0.3 is 4.90 Å². The topological polar surface area (TPSA) is 85.0 Å². The third kappa shape index (κ3) is 3.62. The van der Waals surface area contributed by atoms with Crippen LogP contribution in [0.15, 0.2) is 6.20 Å². The van der Waals surface area contributed by atoms with Crippen LogP contribution in [0.25, 0.3) is 0 Å². The molecular formula is C17H26N8O. The number of piperidine rings is 1. The maximum absolute atomic E-state index is 12.8. The standard InChI is InChI=1S/C17H26N8O/c1-14-10-18-20-25(14)11-15-16-12-23(8-5-9-24(16)21-19-15)17(26)13-22-6-3-2-4-7-22/h10H,2-9,11-13H2,1H3. The van der Waals surface area contributed by atoms with E-state index in [1.807, 2.05) is 21.2 Å². The second-order valence-electron chi connectivity index (χ2n) is 7.24. The van der Waals surface area contributed by atoms with Crippen LogP contribution in [0.5, 0.6) is 0 Å². The Hall–Kier alpha value is -2.29. The molecule has 0 aliphatic carbocycles.